The molecule has 8 heteroatoms. The number of tetrazole rings is 1. The summed E-state index contributed by atoms with van der Waals surface area (Å²) in [5.41, 5.74) is 5.79. The molecule has 0 aliphatic heterocycles. The van der Waals surface area contributed by atoms with E-state index in [1.807, 2.05) is 6.92 Å². The number of primary amides is 1. The molecule has 0 radical (unpaired) electrons. The van der Waals surface area contributed by atoms with Crippen molar-refractivity contribution in [3.05, 3.63) is 30.9 Å². The molecule has 1 aromatic carbocycles. The zero-order chi connectivity index (χ0) is 15.9. The van der Waals surface area contributed by atoms with E-state index in [4.69, 9.17) is 15.2 Å². The average molecular weight is 303 g/mol. The number of amides is 1. The number of rotatable bonds is 8. The van der Waals surface area contributed by atoms with Gasteiger partial charge >= 0.3 is 0 Å². The molecular weight excluding hydrogens is 286 g/mol. The fraction of sp³-hybridized carbons (Fsp3) is 0.286. The first kappa shape index (κ1) is 15.5. The second-order valence-corrected chi connectivity index (χ2v) is 4.30. The lowest BCUT2D eigenvalue weighted by molar-refractivity contribution is -0.118. The molecule has 0 atom stereocenters. The van der Waals surface area contributed by atoms with Crippen LogP contribution < -0.4 is 15.2 Å². The van der Waals surface area contributed by atoms with Crippen LogP contribution in [0.1, 0.15) is 6.92 Å². The van der Waals surface area contributed by atoms with Crippen molar-refractivity contribution in [3.8, 4) is 22.9 Å². The number of carbonyl (C=O) groups excluding carboxylic acids is 1. The second-order valence-electron chi connectivity index (χ2n) is 4.30. The normalized spacial score (nSPS) is 10.2. The number of hydrogen-bond acceptors (Lipinski definition) is 6. The highest BCUT2D eigenvalue weighted by atomic mass is 16.5. The summed E-state index contributed by atoms with van der Waals surface area (Å²) in [5.74, 6) is 1.02. The minimum absolute atomic E-state index is 0.119. The monoisotopic (exact) mass is 303 g/mol. The van der Waals surface area contributed by atoms with E-state index in [1.54, 1.807) is 24.3 Å². The van der Waals surface area contributed by atoms with Crippen LogP contribution in [0, 0.1) is 0 Å². The Morgan fingerprint density at radius 2 is 2.23 bits per heavy atom. The lowest BCUT2D eigenvalue weighted by Gasteiger charge is -2.11. The van der Waals surface area contributed by atoms with Gasteiger partial charge in [-0.1, -0.05) is 12.7 Å². The third-order valence-electron chi connectivity index (χ3n) is 2.61. The number of hydrogen-bond donors (Lipinski definition) is 1. The van der Waals surface area contributed by atoms with Crippen LogP contribution in [0.4, 0.5) is 0 Å². The maximum Gasteiger partial charge on any atom is 0.241 e. The molecule has 2 rings (SSSR count). The van der Waals surface area contributed by atoms with Gasteiger partial charge in [0.25, 0.3) is 0 Å². The molecule has 0 saturated heterocycles. The van der Waals surface area contributed by atoms with Gasteiger partial charge in [0.05, 0.1) is 6.61 Å². The first-order valence-electron chi connectivity index (χ1n) is 6.71. The summed E-state index contributed by atoms with van der Waals surface area (Å²) in [4.78, 5) is 12.0. The number of ether oxygens (including phenoxy) is 2. The molecule has 0 saturated carbocycles. The van der Waals surface area contributed by atoms with E-state index in [1.165, 1.54) is 0 Å². The largest absolute Gasteiger partial charge is 0.490 e. The van der Waals surface area contributed by atoms with Crippen molar-refractivity contribution in [3.63, 3.8) is 0 Å². The van der Waals surface area contributed by atoms with Crippen LogP contribution >= 0.6 is 0 Å². The summed E-state index contributed by atoms with van der Waals surface area (Å²) < 4.78 is 11.1. The third-order valence-corrected chi connectivity index (χ3v) is 2.61. The molecule has 0 spiro atoms. The van der Waals surface area contributed by atoms with E-state index >= 15 is 0 Å². The van der Waals surface area contributed by atoms with Gasteiger partial charge in [0.15, 0.2) is 11.5 Å². The zero-order valence-electron chi connectivity index (χ0n) is 12.2. The summed E-state index contributed by atoms with van der Waals surface area (Å²) >= 11 is 0. The Hall–Kier alpha value is -2.90. The molecule has 2 N–H and O–H groups in total. The van der Waals surface area contributed by atoms with Crippen LogP contribution in [-0.4, -0.2) is 39.3 Å². The summed E-state index contributed by atoms with van der Waals surface area (Å²) in [5, 5.41) is 11.8. The van der Waals surface area contributed by atoms with Crippen LogP contribution in [-0.2, 0) is 11.3 Å². The molecule has 22 heavy (non-hydrogen) atoms. The van der Waals surface area contributed by atoms with Gasteiger partial charge in [0.2, 0.25) is 11.7 Å². The Bertz CT molecular complexity index is 668. The Morgan fingerprint density at radius 3 is 2.91 bits per heavy atom. The molecule has 0 aliphatic rings. The smallest absolute Gasteiger partial charge is 0.241 e. The van der Waals surface area contributed by atoms with Crippen LogP contribution in [0.25, 0.3) is 11.4 Å². The molecule has 1 aromatic heterocycles. The van der Waals surface area contributed by atoms with Gasteiger partial charge in [-0.3, -0.25) is 4.79 Å². The molecule has 0 unspecified atom stereocenters. The molecule has 0 fully saturated rings. The summed E-state index contributed by atoms with van der Waals surface area (Å²) in [6.07, 6.45) is 1.65. The lowest BCUT2D eigenvalue weighted by atomic mass is 10.2. The van der Waals surface area contributed by atoms with Gasteiger partial charge in [-0.25, -0.2) is 0 Å². The van der Waals surface area contributed by atoms with Crippen molar-refractivity contribution in [2.75, 3.05) is 13.2 Å². The molecule has 8 nitrogen and oxygen atoms in total. The van der Waals surface area contributed by atoms with Crippen LogP contribution in [0.3, 0.4) is 0 Å². The van der Waals surface area contributed by atoms with Crippen molar-refractivity contribution in [2.24, 2.45) is 5.73 Å². The Kier molecular flexibility index (Phi) is 5.07. The van der Waals surface area contributed by atoms with Crippen LogP contribution in [0.15, 0.2) is 30.9 Å². The average Bonchev–Trinajstić information content (AvgIpc) is 2.94. The summed E-state index contributed by atoms with van der Waals surface area (Å²) in [6.45, 7) is 6.25. The standard InChI is InChI=1S/C14H17N5O3/c1-3-7-22-11-6-5-10(8-12(11)21-4-2)14-16-18-19(17-14)9-13(15)20/h3,5-6,8H,1,4,7,9H2,2H3,(H2,15,20). The molecule has 1 heterocycles. The maximum absolute atomic E-state index is 10.8. The highest BCUT2D eigenvalue weighted by Crippen LogP contribution is 2.31. The van der Waals surface area contributed by atoms with Gasteiger partial charge in [0.1, 0.15) is 13.2 Å². The Balaban J connectivity index is 2.27. The summed E-state index contributed by atoms with van der Waals surface area (Å²) in [6, 6.07) is 5.30. The number of carbonyl (C=O) groups is 1. The zero-order valence-corrected chi connectivity index (χ0v) is 12.2. The number of aromatic nitrogens is 4. The first-order valence-corrected chi connectivity index (χ1v) is 6.71. The Labute approximate surface area is 127 Å². The van der Waals surface area contributed by atoms with E-state index in [2.05, 4.69) is 22.0 Å². The van der Waals surface area contributed by atoms with Gasteiger partial charge < -0.3 is 15.2 Å². The van der Waals surface area contributed by atoms with Crippen molar-refractivity contribution in [2.45, 2.75) is 13.5 Å². The topological polar surface area (TPSA) is 105 Å². The van der Waals surface area contributed by atoms with Crippen molar-refractivity contribution >= 4 is 5.91 Å². The van der Waals surface area contributed by atoms with Crippen LogP contribution in [0.2, 0.25) is 0 Å². The van der Waals surface area contributed by atoms with Crippen molar-refractivity contribution in [1.29, 1.82) is 0 Å². The quantitative estimate of drug-likeness (QED) is 0.723. The first-order chi connectivity index (χ1) is 10.6. The lowest BCUT2D eigenvalue weighted by Crippen LogP contribution is -2.20. The highest BCUT2D eigenvalue weighted by molar-refractivity contribution is 5.73. The number of nitrogens with two attached hydrogens (primary N) is 1. The number of benzene rings is 1. The van der Waals surface area contributed by atoms with E-state index in [-0.39, 0.29) is 6.54 Å². The fourth-order valence-corrected chi connectivity index (χ4v) is 1.75. The number of nitrogens with zero attached hydrogens (tertiary/aromatic N) is 4. The van der Waals surface area contributed by atoms with E-state index in [0.29, 0.717) is 36.1 Å². The molecule has 0 bridgehead atoms. The molecule has 2 aromatic rings. The van der Waals surface area contributed by atoms with Crippen molar-refractivity contribution < 1.29 is 14.3 Å². The van der Waals surface area contributed by atoms with Gasteiger partial charge in [-0.2, -0.15) is 4.80 Å². The minimum atomic E-state index is -0.535. The van der Waals surface area contributed by atoms with E-state index in [0.717, 1.165) is 4.80 Å². The van der Waals surface area contributed by atoms with Crippen molar-refractivity contribution in [1.82, 2.24) is 20.2 Å². The van der Waals surface area contributed by atoms with Gasteiger partial charge in [-0.15, -0.1) is 10.2 Å². The van der Waals surface area contributed by atoms with Gasteiger partial charge in [0, 0.05) is 5.56 Å². The predicted octanol–water partition coefficient (Wildman–Crippen LogP) is 0.789. The molecule has 0 aliphatic carbocycles. The molecular formula is C14H17N5O3. The SMILES string of the molecule is C=CCOc1ccc(-c2nnn(CC(N)=O)n2)cc1OCC. The Morgan fingerprint density at radius 1 is 1.41 bits per heavy atom. The second kappa shape index (κ2) is 7.21. The highest BCUT2D eigenvalue weighted by Gasteiger charge is 2.12. The third kappa shape index (κ3) is 3.81. The summed E-state index contributed by atoms with van der Waals surface area (Å²) in [7, 11) is 0. The fourth-order valence-electron chi connectivity index (χ4n) is 1.75. The molecule has 116 valence electrons. The molecule has 1 amide bonds. The van der Waals surface area contributed by atoms with E-state index < -0.39 is 5.91 Å². The minimum Gasteiger partial charge on any atom is -0.490 e. The van der Waals surface area contributed by atoms with Crippen LogP contribution in [0.5, 0.6) is 11.5 Å². The maximum atomic E-state index is 10.8. The predicted molar refractivity (Wildman–Crippen MR) is 79.3 cm³/mol. The van der Waals surface area contributed by atoms with Gasteiger partial charge in [-0.05, 0) is 30.3 Å². The van der Waals surface area contributed by atoms with E-state index in [9.17, 15) is 4.79 Å².